The topological polar surface area (TPSA) is 109 Å². The third-order valence-corrected chi connectivity index (χ3v) is 6.13. The van der Waals surface area contributed by atoms with Crippen molar-refractivity contribution in [3.05, 3.63) is 65.0 Å². The van der Waals surface area contributed by atoms with Crippen molar-refractivity contribution in [2.45, 2.75) is 44.9 Å². The number of pyridine rings is 1. The smallest absolute Gasteiger partial charge is 0.392 e. The average Bonchev–Trinajstić information content (AvgIpc) is 2.88. The Kier molecular flexibility index (Phi) is 8.03. The van der Waals surface area contributed by atoms with Crippen molar-refractivity contribution in [2.75, 3.05) is 30.4 Å². The van der Waals surface area contributed by atoms with Gasteiger partial charge in [-0.15, -0.1) is 10.2 Å². The molecule has 3 aromatic rings. The second kappa shape index (κ2) is 11.2. The van der Waals surface area contributed by atoms with E-state index in [0.29, 0.717) is 37.0 Å². The van der Waals surface area contributed by atoms with Crippen LogP contribution in [0, 0.1) is 6.92 Å². The van der Waals surface area contributed by atoms with Crippen LogP contribution in [0.1, 0.15) is 52.9 Å². The lowest BCUT2D eigenvalue weighted by Crippen LogP contribution is -2.20. The summed E-state index contributed by atoms with van der Waals surface area (Å²) in [5.74, 6) is 0.128. The Hall–Kier alpha value is -3.57. The van der Waals surface area contributed by atoms with Crippen LogP contribution in [0.25, 0.3) is 11.3 Å². The number of nitrogens with one attached hydrogen (secondary N) is 2. The molecule has 0 saturated carbocycles. The Morgan fingerprint density at radius 3 is 2.62 bits per heavy atom. The molecule has 3 heterocycles. The van der Waals surface area contributed by atoms with E-state index >= 15 is 0 Å². The molecule has 1 unspecified atom stereocenters. The molecule has 1 atom stereocenters. The maximum absolute atomic E-state index is 13.0. The number of rotatable bonds is 7. The lowest BCUT2D eigenvalue weighted by Gasteiger charge is -2.25. The van der Waals surface area contributed by atoms with E-state index in [-0.39, 0.29) is 11.5 Å². The number of halogens is 3. The molecule has 1 fully saturated rings. The zero-order valence-electron chi connectivity index (χ0n) is 20.5. The summed E-state index contributed by atoms with van der Waals surface area (Å²) in [4.78, 5) is 16.0. The zero-order valence-corrected chi connectivity index (χ0v) is 20.5. The maximum Gasteiger partial charge on any atom is 0.433 e. The quantitative estimate of drug-likeness (QED) is 0.415. The fraction of sp³-hybridized carbons (Fsp3) is 0.385. The van der Waals surface area contributed by atoms with Crippen molar-refractivity contribution in [3.63, 3.8) is 0 Å². The fourth-order valence-electron chi connectivity index (χ4n) is 4.15. The number of anilines is 2. The largest absolute Gasteiger partial charge is 0.433 e. The summed E-state index contributed by atoms with van der Waals surface area (Å²) in [6.07, 6.45) is -2.59. The van der Waals surface area contributed by atoms with E-state index in [9.17, 15) is 23.1 Å². The first kappa shape index (κ1) is 26.5. The van der Waals surface area contributed by atoms with Gasteiger partial charge in [0.05, 0.1) is 11.8 Å². The normalized spacial score (nSPS) is 15.3. The van der Waals surface area contributed by atoms with Gasteiger partial charge in [-0.25, -0.2) is 0 Å². The van der Waals surface area contributed by atoms with Gasteiger partial charge in [0.2, 0.25) is 0 Å². The Bertz CT molecular complexity index is 1260. The lowest BCUT2D eigenvalue weighted by atomic mass is 9.91. The number of carbonyl (C=O) groups is 1. The first-order valence-electron chi connectivity index (χ1n) is 11.9. The molecule has 3 N–H and O–H groups in total. The lowest BCUT2D eigenvalue weighted by molar-refractivity contribution is -0.141. The fourth-order valence-corrected chi connectivity index (χ4v) is 4.15. The van der Waals surface area contributed by atoms with Gasteiger partial charge in [-0.05, 0) is 68.5 Å². The van der Waals surface area contributed by atoms with Crippen LogP contribution in [0.3, 0.4) is 0 Å². The molecule has 0 bridgehead atoms. The number of aliphatic hydroxyl groups excluding tert-OH is 1. The second-order valence-electron chi connectivity index (χ2n) is 9.06. The van der Waals surface area contributed by atoms with Crippen molar-refractivity contribution in [1.29, 1.82) is 0 Å². The minimum Gasteiger partial charge on any atom is -0.392 e. The van der Waals surface area contributed by atoms with E-state index in [2.05, 4.69) is 25.8 Å². The third kappa shape index (κ3) is 6.60. The Balaban J connectivity index is 1.62. The van der Waals surface area contributed by atoms with Gasteiger partial charge in [0.1, 0.15) is 5.69 Å². The summed E-state index contributed by atoms with van der Waals surface area (Å²) < 4.78 is 44.5. The summed E-state index contributed by atoms with van der Waals surface area (Å²) in [7, 11) is 0. The van der Waals surface area contributed by atoms with Crippen LogP contribution in [0.15, 0.2) is 42.6 Å². The molecular formula is C26H28F3N5O3. The number of nitrogens with zero attached hydrogens (tertiary/aromatic N) is 3. The van der Waals surface area contributed by atoms with E-state index < -0.39 is 23.9 Å². The highest BCUT2D eigenvalue weighted by atomic mass is 19.4. The maximum atomic E-state index is 13.0. The van der Waals surface area contributed by atoms with Crippen molar-refractivity contribution in [3.8, 4) is 11.3 Å². The minimum atomic E-state index is -4.65. The van der Waals surface area contributed by atoms with Crippen LogP contribution in [-0.4, -0.2) is 52.1 Å². The van der Waals surface area contributed by atoms with E-state index in [1.54, 1.807) is 25.1 Å². The molecular weight excluding hydrogens is 487 g/mol. The van der Waals surface area contributed by atoms with E-state index in [4.69, 9.17) is 4.74 Å². The van der Waals surface area contributed by atoms with E-state index in [0.717, 1.165) is 41.8 Å². The van der Waals surface area contributed by atoms with Crippen LogP contribution in [0.4, 0.5) is 24.7 Å². The van der Waals surface area contributed by atoms with Crippen molar-refractivity contribution in [2.24, 2.45) is 0 Å². The molecule has 1 aromatic carbocycles. The molecule has 37 heavy (non-hydrogen) atoms. The number of aliphatic hydroxyl groups is 1. The van der Waals surface area contributed by atoms with Gasteiger partial charge in [0.15, 0.2) is 5.82 Å². The Morgan fingerprint density at radius 2 is 1.92 bits per heavy atom. The van der Waals surface area contributed by atoms with Gasteiger partial charge >= 0.3 is 6.18 Å². The number of alkyl halides is 3. The third-order valence-electron chi connectivity index (χ3n) is 6.13. The Labute approximate surface area is 212 Å². The molecule has 11 heteroatoms. The van der Waals surface area contributed by atoms with Gasteiger partial charge < -0.3 is 20.5 Å². The number of ether oxygens (including phenoxy) is 1. The highest BCUT2D eigenvalue weighted by molar-refractivity contribution is 6.04. The number of aryl methyl sites for hydroxylation is 1. The summed E-state index contributed by atoms with van der Waals surface area (Å²) >= 11 is 0. The monoisotopic (exact) mass is 515 g/mol. The molecule has 0 spiro atoms. The Morgan fingerprint density at radius 1 is 1.16 bits per heavy atom. The number of carbonyl (C=O) groups excluding carboxylic acids is 1. The van der Waals surface area contributed by atoms with Crippen LogP contribution in [0.2, 0.25) is 0 Å². The van der Waals surface area contributed by atoms with Gasteiger partial charge in [-0.3, -0.25) is 9.78 Å². The summed E-state index contributed by atoms with van der Waals surface area (Å²) in [6.45, 7) is 5.19. The van der Waals surface area contributed by atoms with Crippen LogP contribution < -0.4 is 10.6 Å². The van der Waals surface area contributed by atoms with Crippen molar-refractivity contribution in [1.82, 2.24) is 15.2 Å². The molecule has 1 aliphatic heterocycles. The highest BCUT2D eigenvalue weighted by Gasteiger charge is 2.33. The molecule has 0 radical (unpaired) electrons. The molecule has 1 saturated heterocycles. The number of benzene rings is 1. The minimum absolute atomic E-state index is 0.153. The van der Waals surface area contributed by atoms with Gasteiger partial charge in [-0.2, -0.15) is 13.2 Å². The molecule has 196 valence electrons. The number of hydrogen-bond acceptors (Lipinski definition) is 7. The van der Waals surface area contributed by atoms with Crippen molar-refractivity contribution >= 4 is 17.4 Å². The molecule has 8 nitrogen and oxygen atoms in total. The first-order chi connectivity index (χ1) is 17.6. The highest BCUT2D eigenvalue weighted by Crippen LogP contribution is 2.35. The van der Waals surface area contributed by atoms with Crippen molar-refractivity contribution < 1.29 is 27.8 Å². The van der Waals surface area contributed by atoms with Crippen LogP contribution in [0.5, 0.6) is 0 Å². The average molecular weight is 516 g/mol. The number of hydrogen-bond donors (Lipinski definition) is 3. The predicted octanol–water partition coefficient (Wildman–Crippen LogP) is 4.80. The number of amides is 1. The molecule has 2 aromatic heterocycles. The van der Waals surface area contributed by atoms with Gasteiger partial charge in [0, 0.05) is 48.3 Å². The summed E-state index contributed by atoms with van der Waals surface area (Å²) in [5, 5.41) is 24.3. The first-order valence-corrected chi connectivity index (χ1v) is 11.9. The van der Waals surface area contributed by atoms with Gasteiger partial charge in [-0.1, -0.05) is 6.07 Å². The van der Waals surface area contributed by atoms with Crippen LogP contribution in [-0.2, 0) is 10.9 Å². The standard InChI is InChI=1S/C26H28F3N5O3/c1-15-3-4-19(32-25(36)18-5-8-30-23(11-18)26(27,28)29)12-20(15)22-13-21(17-6-9-37-10-7-17)24(34-33-22)31-14-16(2)35/h3-5,8,11-13,16-17,35H,6-7,9-10,14H2,1-2H3,(H,31,34)(H,32,36). The van der Waals surface area contributed by atoms with Gasteiger partial charge in [0.25, 0.3) is 5.91 Å². The molecule has 1 aliphatic rings. The van der Waals surface area contributed by atoms with Crippen LogP contribution >= 0.6 is 0 Å². The zero-order chi connectivity index (χ0) is 26.6. The summed E-state index contributed by atoms with van der Waals surface area (Å²) in [6, 6.07) is 9.10. The molecule has 1 amide bonds. The van der Waals surface area contributed by atoms with E-state index in [1.165, 1.54) is 6.07 Å². The predicted molar refractivity (Wildman–Crippen MR) is 132 cm³/mol. The molecule has 4 rings (SSSR count). The summed E-state index contributed by atoms with van der Waals surface area (Å²) in [5.41, 5.74) is 2.30. The second-order valence-corrected chi connectivity index (χ2v) is 9.06. The SMILES string of the molecule is Cc1ccc(NC(=O)c2ccnc(C(F)(F)F)c2)cc1-c1cc(C2CCOCC2)c(NCC(C)O)nn1. The van der Waals surface area contributed by atoms with E-state index in [1.807, 2.05) is 13.0 Å². The molecule has 0 aliphatic carbocycles. The number of aromatic nitrogens is 3.